The first kappa shape index (κ1) is 21.9. The molecule has 164 valence electrons. The largest absolute Gasteiger partial charge is 0.416 e. The maximum atomic E-state index is 13.6. The molecule has 2 unspecified atom stereocenters. The fraction of sp³-hybridized carbons (Fsp3) is 0.333. The summed E-state index contributed by atoms with van der Waals surface area (Å²) in [5.41, 5.74) is 1.62. The third-order valence-electron chi connectivity index (χ3n) is 6.66. The zero-order chi connectivity index (χ0) is 22.9. The van der Waals surface area contributed by atoms with Gasteiger partial charge in [-0.3, -0.25) is 0 Å². The van der Waals surface area contributed by atoms with E-state index in [1.807, 2.05) is 13.8 Å². The minimum Gasteiger partial charge on any atom is -0.166 e. The van der Waals surface area contributed by atoms with E-state index >= 15 is 0 Å². The molecule has 0 amide bonds. The van der Waals surface area contributed by atoms with Gasteiger partial charge in [-0.15, -0.1) is 0 Å². The molecular formula is C24H22F6Si. The summed E-state index contributed by atoms with van der Waals surface area (Å²) in [7, 11) is -2.50. The minimum absolute atomic E-state index is 0.196. The number of benzene rings is 2. The molecule has 0 radical (unpaired) electrons. The van der Waals surface area contributed by atoms with Crippen LogP contribution in [0.3, 0.4) is 0 Å². The number of alkyl halides is 6. The number of hydrogen-bond donors (Lipinski definition) is 0. The second-order valence-corrected chi connectivity index (χ2v) is 13.9. The standard InChI is InChI=1S/C24H22F6Si/c1-13-11-17-15(7-5-9-19(17)23(25,26)27)21(13)31(3,4)22-14(2)12-18-16(22)8-6-10-20(18)24(28,29)30/h5-12,21-22H,1-4H3. The number of fused-ring (bicyclic) bond motifs is 2. The Balaban J connectivity index is 1.85. The summed E-state index contributed by atoms with van der Waals surface area (Å²) in [6.07, 6.45) is -5.70. The van der Waals surface area contributed by atoms with Gasteiger partial charge in [-0.2, -0.15) is 26.3 Å². The molecule has 0 spiro atoms. The Bertz CT molecular complexity index is 1030. The van der Waals surface area contributed by atoms with Gasteiger partial charge >= 0.3 is 12.4 Å². The zero-order valence-corrected chi connectivity index (χ0v) is 18.5. The summed E-state index contributed by atoms with van der Waals surface area (Å²) >= 11 is 0. The smallest absolute Gasteiger partial charge is 0.166 e. The van der Waals surface area contributed by atoms with Gasteiger partial charge in [-0.25, -0.2) is 0 Å². The van der Waals surface area contributed by atoms with Crippen molar-refractivity contribution in [3.63, 3.8) is 0 Å². The van der Waals surface area contributed by atoms with Gasteiger partial charge in [0.1, 0.15) is 0 Å². The quantitative estimate of drug-likeness (QED) is 0.318. The lowest BCUT2D eigenvalue weighted by Gasteiger charge is -2.39. The first-order chi connectivity index (χ1) is 14.2. The average molecular weight is 453 g/mol. The van der Waals surface area contributed by atoms with Crippen molar-refractivity contribution in [2.24, 2.45) is 0 Å². The molecule has 4 rings (SSSR count). The molecule has 0 saturated heterocycles. The molecule has 31 heavy (non-hydrogen) atoms. The number of allylic oxidation sites excluding steroid dienone is 2. The van der Waals surface area contributed by atoms with Gasteiger partial charge < -0.3 is 0 Å². The summed E-state index contributed by atoms with van der Waals surface area (Å²) in [5, 5.41) is 0. The van der Waals surface area contributed by atoms with E-state index in [1.54, 1.807) is 24.3 Å². The van der Waals surface area contributed by atoms with Crippen LogP contribution < -0.4 is 0 Å². The minimum atomic E-state index is -4.46. The summed E-state index contributed by atoms with van der Waals surface area (Å²) in [5.74, 6) is 0. The highest BCUT2D eigenvalue weighted by Crippen LogP contribution is 2.54. The first-order valence-corrected chi connectivity index (χ1v) is 13.2. The van der Waals surface area contributed by atoms with Gasteiger partial charge in [0.2, 0.25) is 0 Å². The molecule has 0 bridgehead atoms. The molecule has 0 N–H and O–H groups in total. The molecule has 2 aliphatic rings. The highest BCUT2D eigenvalue weighted by molar-refractivity contribution is 6.81. The van der Waals surface area contributed by atoms with Crippen molar-refractivity contribution in [1.29, 1.82) is 0 Å². The van der Waals surface area contributed by atoms with E-state index in [-0.39, 0.29) is 22.2 Å². The van der Waals surface area contributed by atoms with Crippen LogP contribution in [0.5, 0.6) is 0 Å². The van der Waals surface area contributed by atoms with E-state index < -0.39 is 31.6 Å². The molecule has 0 aromatic heterocycles. The molecule has 2 aromatic rings. The molecule has 0 fully saturated rings. The van der Waals surface area contributed by atoms with Gasteiger partial charge in [-0.1, -0.05) is 60.7 Å². The summed E-state index contributed by atoms with van der Waals surface area (Å²) in [4.78, 5) is 0. The van der Waals surface area contributed by atoms with E-state index in [4.69, 9.17) is 0 Å². The predicted octanol–water partition coefficient (Wildman–Crippen LogP) is 8.21. The van der Waals surface area contributed by atoms with E-state index in [0.717, 1.165) is 23.3 Å². The fourth-order valence-corrected chi connectivity index (χ4v) is 10.7. The Morgan fingerprint density at radius 2 is 1.00 bits per heavy atom. The number of hydrogen-bond acceptors (Lipinski definition) is 0. The summed E-state index contributed by atoms with van der Waals surface area (Å²) in [6, 6.07) is 8.50. The molecule has 2 aromatic carbocycles. The third-order valence-corrected chi connectivity index (χ3v) is 11.2. The molecule has 0 nitrogen and oxygen atoms in total. The highest BCUT2D eigenvalue weighted by atomic mass is 28.3. The lowest BCUT2D eigenvalue weighted by atomic mass is 10.0. The highest BCUT2D eigenvalue weighted by Gasteiger charge is 2.49. The van der Waals surface area contributed by atoms with Crippen molar-refractivity contribution in [1.82, 2.24) is 0 Å². The van der Waals surface area contributed by atoms with Gasteiger partial charge in [0.05, 0.1) is 19.2 Å². The van der Waals surface area contributed by atoms with Crippen LogP contribution in [0.25, 0.3) is 12.2 Å². The van der Waals surface area contributed by atoms with Gasteiger partial charge in [0, 0.05) is 11.1 Å². The Hall–Kier alpha value is -2.28. The van der Waals surface area contributed by atoms with Crippen molar-refractivity contribution in [3.05, 3.63) is 80.9 Å². The molecule has 0 aliphatic heterocycles. The van der Waals surface area contributed by atoms with E-state index in [0.29, 0.717) is 11.1 Å². The van der Waals surface area contributed by atoms with Crippen LogP contribution in [-0.2, 0) is 12.4 Å². The Morgan fingerprint density at radius 1 is 0.645 bits per heavy atom. The normalized spacial score (nSPS) is 21.0. The van der Waals surface area contributed by atoms with Crippen molar-refractivity contribution in [2.45, 2.75) is 50.4 Å². The van der Waals surface area contributed by atoms with Crippen LogP contribution in [-0.4, -0.2) is 8.07 Å². The zero-order valence-electron chi connectivity index (χ0n) is 17.5. The van der Waals surface area contributed by atoms with Crippen LogP contribution in [0.2, 0.25) is 13.1 Å². The Morgan fingerprint density at radius 3 is 1.32 bits per heavy atom. The molecule has 7 heteroatoms. The predicted molar refractivity (Wildman–Crippen MR) is 113 cm³/mol. The van der Waals surface area contributed by atoms with E-state index in [2.05, 4.69) is 13.1 Å². The number of rotatable bonds is 2. The van der Waals surface area contributed by atoms with Gasteiger partial charge in [0.15, 0.2) is 0 Å². The second-order valence-electron chi connectivity index (χ2n) is 9.08. The van der Waals surface area contributed by atoms with Crippen LogP contribution in [0.1, 0.15) is 58.3 Å². The molecule has 0 saturated carbocycles. The van der Waals surface area contributed by atoms with E-state index in [1.165, 1.54) is 12.1 Å². The van der Waals surface area contributed by atoms with Crippen molar-refractivity contribution >= 4 is 20.2 Å². The second kappa shape index (κ2) is 6.86. The Labute approximate surface area is 178 Å². The maximum Gasteiger partial charge on any atom is 0.416 e. The molecule has 2 aliphatic carbocycles. The maximum absolute atomic E-state index is 13.6. The lowest BCUT2D eigenvalue weighted by Crippen LogP contribution is -2.42. The molecule has 0 heterocycles. The average Bonchev–Trinajstić information content (AvgIpc) is 3.14. The topological polar surface area (TPSA) is 0 Å². The van der Waals surface area contributed by atoms with Crippen molar-refractivity contribution < 1.29 is 26.3 Å². The summed E-state index contributed by atoms with van der Waals surface area (Å²) in [6.45, 7) is 7.81. The lowest BCUT2D eigenvalue weighted by molar-refractivity contribution is -0.138. The van der Waals surface area contributed by atoms with Gasteiger partial charge in [-0.05, 0) is 48.2 Å². The van der Waals surface area contributed by atoms with Crippen molar-refractivity contribution in [2.75, 3.05) is 0 Å². The Kier molecular flexibility index (Phi) is 4.85. The van der Waals surface area contributed by atoms with Crippen LogP contribution in [0.15, 0.2) is 47.5 Å². The van der Waals surface area contributed by atoms with Crippen LogP contribution in [0.4, 0.5) is 26.3 Å². The molecular weight excluding hydrogens is 430 g/mol. The van der Waals surface area contributed by atoms with E-state index in [9.17, 15) is 26.3 Å². The fourth-order valence-electron chi connectivity index (χ4n) is 5.74. The molecule has 2 atom stereocenters. The van der Waals surface area contributed by atoms with Crippen LogP contribution in [0, 0.1) is 0 Å². The van der Waals surface area contributed by atoms with Crippen molar-refractivity contribution in [3.8, 4) is 0 Å². The first-order valence-electron chi connectivity index (χ1n) is 10.0. The third kappa shape index (κ3) is 3.37. The number of halogens is 6. The SMILES string of the molecule is CC1=Cc2c(cccc2C(F)(F)F)C1[Si](C)(C)C1C(C)=Cc2c1cccc2C(F)(F)F. The van der Waals surface area contributed by atoms with Crippen LogP contribution >= 0.6 is 0 Å². The monoisotopic (exact) mass is 452 g/mol. The van der Waals surface area contributed by atoms with Gasteiger partial charge in [0.25, 0.3) is 0 Å². The summed E-state index contributed by atoms with van der Waals surface area (Å²) < 4.78 is 81.5.